The van der Waals surface area contributed by atoms with Crippen molar-refractivity contribution in [3.05, 3.63) is 0 Å². The molecule has 1 aliphatic heterocycles. The van der Waals surface area contributed by atoms with E-state index in [0.717, 1.165) is 0 Å². The minimum absolute atomic E-state index is 0.0596. The third-order valence-corrected chi connectivity index (χ3v) is 3.52. The van der Waals surface area contributed by atoms with Crippen molar-refractivity contribution in [3.8, 4) is 0 Å². The van der Waals surface area contributed by atoms with Crippen molar-refractivity contribution in [1.82, 2.24) is 5.32 Å². The highest BCUT2D eigenvalue weighted by atomic mass is 16.2. The maximum Gasteiger partial charge on any atom is 0.223 e. The van der Waals surface area contributed by atoms with Crippen LogP contribution in [0.5, 0.6) is 0 Å². The first kappa shape index (κ1) is 8.57. The van der Waals surface area contributed by atoms with Gasteiger partial charge in [0.2, 0.25) is 5.91 Å². The highest BCUT2D eigenvalue weighted by molar-refractivity contribution is 5.83. The number of amides is 1. The van der Waals surface area contributed by atoms with Gasteiger partial charge in [-0.05, 0) is 19.3 Å². The van der Waals surface area contributed by atoms with Gasteiger partial charge in [-0.3, -0.25) is 4.79 Å². The monoisotopic (exact) mass is 155 g/mol. The van der Waals surface area contributed by atoms with Gasteiger partial charge in [-0.1, -0.05) is 20.8 Å². The molecule has 0 saturated carbocycles. The van der Waals surface area contributed by atoms with E-state index >= 15 is 0 Å². The highest BCUT2D eigenvalue weighted by Crippen LogP contribution is 2.42. The minimum atomic E-state index is -0.0660. The Balaban J connectivity index is 3.01. The lowest BCUT2D eigenvalue weighted by molar-refractivity contribution is -0.123. The molecule has 0 bridgehead atoms. The van der Waals surface area contributed by atoms with E-state index in [4.69, 9.17) is 0 Å². The van der Waals surface area contributed by atoms with E-state index in [0.29, 0.717) is 0 Å². The van der Waals surface area contributed by atoms with Crippen molar-refractivity contribution in [3.63, 3.8) is 0 Å². The van der Waals surface area contributed by atoms with E-state index in [1.165, 1.54) is 0 Å². The van der Waals surface area contributed by atoms with Crippen molar-refractivity contribution in [2.75, 3.05) is 0 Å². The molecule has 1 unspecified atom stereocenters. The zero-order chi connectivity index (χ0) is 8.86. The van der Waals surface area contributed by atoms with E-state index < -0.39 is 0 Å². The zero-order valence-corrected chi connectivity index (χ0v) is 7.99. The number of hydrogen-bond acceptors (Lipinski definition) is 1. The largest absolute Gasteiger partial charge is 0.350 e. The fourth-order valence-electron chi connectivity index (χ4n) is 1.45. The lowest BCUT2D eigenvalue weighted by atomic mass is 9.70. The van der Waals surface area contributed by atoms with Gasteiger partial charge in [-0.2, -0.15) is 0 Å². The number of hydrogen-bond donors (Lipinski definition) is 1. The van der Waals surface area contributed by atoms with Crippen LogP contribution in [0.25, 0.3) is 0 Å². The van der Waals surface area contributed by atoms with Gasteiger partial charge < -0.3 is 5.32 Å². The summed E-state index contributed by atoms with van der Waals surface area (Å²) in [5.74, 6) is 0.303. The molecule has 1 amide bonds. The van der Waals surface area contributed by atoms with Crippen molar-refractivity contribution in [2.45, 2.75) is 40.2 Å². The summed E-state index contributed by atoms with van der Waals surface area (Å²) in [5.41, 5.74) is -0.00637. The fourth-order valence-corrected chi connectivity index (χ4v) is 1.45. The van der Waals surface area contributed by atoms with Crippen LogP contribution in [0.15, 0.2) is 0 Å². The number of nitrogens with one attached hydrogen (secondary N) is 1. The van der Waals surface area contributed by atoms with Gasteiger partial charge in [0.25, 0.3) is 0 Å². The van der Waals surface area contributed by atoms with Crippen molar-refractivity contribution >= 4 is 5.91 Å². The maximum absolute atomic E-state index is 11.3. The smallest absolute Gasteiger partial charge is 0.223 e. The van der Waals surface area contributed by atoms with E-state index in [1.807, 2.05) is 6.92 Å². The fraction of sp³-hybridized carbons (Fsp3) is 0.889. The minimum Gasteiger partial charge on any atom is -0.350 e. The summed E-state index contributed by atoms with van der Waals surface area (Å²) in [7, 11) is 0. The number of carbonyl (C=O) groups excluding carboxylic acids is 1. The molecular formula is C9H17NO. The Morgan fingerprint density at radius 1 is 1.27 bits per heavy atom. The van der Waals surface area contributed by atoms with Gasteiger partial charge >= 0.3 is 0 Å². The molecule has 1 aliphatic rings. The van der Waals surface area contributed by atoms with Gasteiger partial charge in [0.15, 0.2) is 0 Å². The van der Waals surface area contributed by atoms with Crippen LogP contribution in [-0.2, 0) is 4.79 Å². The third kappa shape index (κ3) is 0.959. The van der Waals surface area contributed by atoms with Gasteiger partial charge in [-0.15, -0.1) is 0 Å². The maximum atomic E-state index is 11.3. The van der Waals surface area contributed by atoms with Crippen LogP contribution in [0.4, 0.5) is 0 Å². The van der Waals surface area contributed by atoms with Crippen molar-refractivity contribution < 1.29 is 4.79 Å². The molecule has 0 aromatic carbocycles. The molecule has 1 heterocycles. The summed E-state index contributed by atoms with van der Waals surface area (Å²) in [6, 6.07) is 0. The third-order valence-electron chi connectivity index (χ3n) is 3.52. The molecule has 0 radical (unpaired) electrons. The van der Waals surface area contributed by atoms with Crippen LogP contribution in [0, 0.1) is 11.3 Å². The lowest BCUT2D eigenvalue weighted by Gasteiger charge is -2.35. The summed E-state index contributed by atoms with van der Waals surface area (Å²) in [6.45, 7) is 10.4. The topological polar surface area (TPSA) is 29.1 Å². The van der Waals surface area contributed by atoms with E-state index in [-0.39, 0.29) is 22.8 Å². The van der Waals surface area contributed by atoms with Gasteiger partial charge in [0, 0.05) is 11.5 Å². The molecule has 0 spiro atoms. The molecule has 11 heavy (non-hydrogen) atoms. The second kappa shape index (κ2) is 1.99. The predicted octanol–water partition coefficient (Wildman–Crippen LogP) is 1.56. The molecule has 0 aliphatic carbocycles. The Kier molecular flexibility index (Phi) is 1.55. The first-order chi connectivity index (χ1) is 4.79. The second-order valence-electron chi connectivity index (χ2n) is 4.56. The van der Waals surface area contributed by atoms with E-state index in [9.17, 15) is 4.79 Å². The average molecular weight is 155 g/mol. The van der Waals surface area contributed by atoms with Crippen LogP contribution in [0.3, 0.4) is 0 Å². The standard InChI is InChI=1S/C9H17NO/c1-6-7(11)10-9(4,5)8(6,2)3/h6H,1-5H3,(H,10,11). The zero-order valence-electron chi connectivity index (χ0n) is 7.99. The molecule has 2 heteroatoms. The van der Waals surface area contributed by atoms with Gasteiger partial charge in [0.05, 0.1) is 0 Å². The summed E-state index contributed by atoms with van der Waals surface area (Å²) in [4.78, 5) is 11.3. The van der Waals surface area contributed by atoms with Crippen molar-refractivity contribution in [2.24, 2.45) is 11.3 Å². The van der Waals surface area contributed by atoms with Gasteiger partial charge in [-0.25, -0.2) is 0 Å². The Hall–Kier alpha value is -0.530. The van der Waals surface area contributed by atoms with Crippen molar-refractivity contribution in [1.29, 1.82) is 0 Å². The first-order valence-corrected chi connectivity index (χ1v) is 4.11. The number of rotatable bonds is 0. The average Bonchev–Trinajstić information content (AvgIpc) is 1.93. The predicted molar refractivity (Wildman–Crippen MR) is 45.2 cm³/mol. The molecule has 64 valence electrons. The SMILES string of the molecule is CC1C(=O)NC(C)(C)C1(C)C. The van der Waals surface area contributed by atoms with Crippen LogP contribution < -0.4 is 5.32 Å². The summed E-state index contributed by atoms with van der Waals surface area (Å²) in [5, 5.41) is 2.99. The Bertz CT molecular complexity index is 194. The molecule has 2 nitrogen and oxygen atoms in total. The van der Waals surface area contributed by atoms with Crippen LogP contribution in [-0.4, -0.2) is 11.4 Å². The molecule has 0 aromatic rings. The molecule has 0 aromatic heterocycles. The lowest BCUT2D eigenvalue weighted by Crippen LogP contribution is -2.44. The van der Waals surface area contributed by atoms with Crippen LogP contribution in [0.1, 0.15) is 34.6 Å². The summed E-state index contributed by atoms with van der Waals surface area (Å²) in [6.07, 6.45) is 0. The van der Waals surface area contributed by atoms with E-state index in [1.54, 1.807) is 0 Å². The molecule has 1 saturated heterocycles. The normalized spacial score (nSPS) is 33.5. The highest BCUT2D eigenvalue weighted by Gasteiger charge is 2.51. The quantitative estimate of drug-likeness (QED) is 0.565. The molecule has 1 rings (SSSR count). The summed E-state index contributed by atoms with van der Waals surface area (Å²) < 4.78 is 0. The second-order valence-corrected chi connectivity index (χ2v) is 4.56. The molecule has 1 atom stereocenters. The Morgan fingerprint density at radius 3 is 1.82 bits per heavy atom. The molecule has 1 N–H and O–H groups in total. The van der Waals surface area contributed by atoms with Crippen LogP contribution >= 0.6 is 0 Å². The Morgan fingerprint density at radius 2 is 1.73 bits per heavy atom. The van der Waals surface area contributed by atoms with Gasteiger partial charge in [0.1, 0.15) is 0 Å². The van der Waals surface area contributed by atoms with E-state index in [2.05, 4.69) is 33.0 Å². The summed E-state index contributed by atoms with van der Waals surface area (Å²) >= 11 is 0. The Labute approximate surface area is 68.4 Å². The molecular weight excluding hydrogens is 138 g/mol. The first-order valence-electron chi connectivity index (χ1n) is 4.11. The molecule has 1 fully saturated rings. The van der Waals surface area contributed by atoms with Crippen LogP contribution in [0.2, 0.25) is 0 Å². The number of carbonyl (C=O) groups is 1.